The molecule has 0 saturated carbocycles. The van der Waals surface area contributed by atoms with Crippen LogP contribution in [0.25, 0.3) is 0 Å². The minimum absolute atomic E-state index is 0. The van der Waals surface area contributed by atoms with Gasteiger partial charge >= 0.3 is 29.6 Å². The van der Waals surface area contributed by atoms with E-state index in [0.717, 1.165) is 11.1 Å². The maximum absolute atomic E-state index is 12.9. The van der Waals surface area contributed by atoms with Gasteiger partial charge in [0.2, 0.25) is 5.78 Å². The van der Waals surface area contributed by atoms with Crippen LogP contribution in [-0.2, 0) is 14.4 Å². The van der Waals surface area contributed by atoms with E-state index in [0.29, 0.717) is 0 Å². The zero-order valence-electron chi connectivity index (χ0n) is 14.8. The molecule has 5 heteroatoms. The van der Waals surface area contributed by atoms with E-state index in [1.165, 1.54) is 0 Å². The molecule has 0 aromatic rings. The number of hydrogen-bond acceptors (Lipinski definition) is 4. The topological polar surface area (TPSA) is 71.4 Å². The van der Waals surface area contributed by atoms with Crippen LogP contribution >= 0.6 is 0 Å². The van der Waals surface area contributed by atoms with Crippen molar-refractivity contribution in [2.24, 2.45) is 11.3 Å². The standard InChI is InChI=1S/C19H26O4.Na.H/c1-11(2)7-9-19(10-8-12(3)4)17(22)14(15(20)13(5)6)16(21)18(19)23;;/h7-8,13,21H,9-10H2,1-6H3;;. The summed E-state index contributed by atoms with van der Waals surface area (Å²) >= 11 is 0. The summed E-state index contributed by atoms with van der Waals surface area (Å²) in [7, 11) is 0. The third-order valence-electron chi connectivity index (χ3n) is 4.04. The Morgan fingerprint density at radius 2 is 1.42 bits per heavy atom. The van der Waals surface area contributed by atoms with E-state index < -0.39 is 34.4 Å². The zero-order chi connectivity index (χ0) is 17.9. The summed E-state index contributed by atoms with van der Waals surface area (Å²) in [5, 5.41) is 10.2. The van der Waals surface area contributed by atoms with E-state index in [1.807, 2.05) is 39.8 Å². The van der Waals surface area contributed by atoms with Gasteiger partial charge in [-0.05, 0) is 40.5 Å². The first kappa shape index (κ1) is 23.0. The van der Waals surface area contributed by atoms with E-state index in [2.05, 4.69) is 0 Å². The molecule has 0 atom stereocenters. The number of carbonyl (C=O) groups excluding carboxylic acids is 3. The van der Waals surface area contributed by atoms with E-state index in [1.54, 1.807) is 13.8 Å². The average molecular weight is 342 g/mol. The van der Waals surface area contributed by atoms with E-state index in [9.17, 15) is 19.5 Å². The molecular weight excluding hydrogens is 315 g/mol. The van der Waals surface area contributed by atoms with E-state index >= 15 is 0 Å². The molecule has 0 saturated heterocycles. The molecule has 1 aliphatic rings. The van der Waals surface area contributed by atoms with Gasteiger partial charge in [-0.2, -0.15) is 0 Å². The first-order chi connectivity index (χ1) is 10.5. The third-order valence-corrected chi connectivity index (χ3v) is 4.04. The summed E-state index contributed by atoms with van der Waals surface area (Å²) in [5.41, 5.74) is 0.239. The van der Waals surface area contributed by atoms with Crippen molar-refractivity contribution in [2.45, 2.75) is 54.4 Å². The molecule has 0 bridgehead atoms. The van der Waals surface area contributed by atoms with Crippen molar-refractivity contribution in [3.63, 3.8) is 0 Å². The maximum atomic E-state index is 12.9. The Kier molecular flexibility index (Phi) is 8.57. The van der Waals surface area contributed by atoms with Gasteiger partial charge in [0.15, 0.2) is 17.3 Å². The van der Waals surface area contributed by atoms with Gasteiger partial charge in [0.05, 0.1) is 0 Å². The Labute approximate surface area is 166 Å². The van der Waals surface area contributed by atoms with Gasteiger partial charge in [0.25, 0.3) is 0 Å². The van der Waals surface area contributed by atoms with Gasteiger partial charge < -0.3 is 5.11 Å². The third kappa shape index (κ3) is 4.56. The number of rotatable bonds is 6. The SMILES string of the molecule is CC(C)=CCC1(CC=C(C)C)C(=O)C(O)=C(C(=O)C(C)C)C1=O.[NaH]. The van der Waals surface area contributed by atoms with Crippen LogP contribution in [0.15, 0.2) is 34.6 Å². The predicted molar refractivity (Wildman–Crippen MR) is 97.2 cm³/mol. The molecular formula is C19H27NaO4. The summed E-state index contributed by atoms with van der Waals surface area (Å²) < 4.78 is 0. The van der Waals surface area contributed by atoms with Crippen LogP contribution in [0.3, 0.4) is 0 Å². The molecule has 128 valence electrons. The van der Waals surface area contributed by atoms with Gasteiger partial charge in [-0.1, -0.05) is 37.1 Å². The Bertz CT molecular complexity index is 608. The van der Waals surface area contributed by atoms with Crippen molar-refractivity contribution < 1.29 is 19.5 Å². The van der Waals surface area contributed by atoms with Crippen molar-refractivity contribution in [3.05, 3.63) is 34.6 Å². The Morgan fingerprint density at radius 3 is 1.75 bits per heavy atom. The first-order valence-electron chi connectivity index (χ1n) is 7.88. The van der Waals surface area contributed by atoms with Crippen LogP contribution in [0.1, 0.15) is 54.4 Å². The molecule has 1 aliphatic carbocycles. The summed E-state index contributed by atoms with van der Waals surface area (Å²) in [6.45, 7) is 10.8. The van der Waals surface area contributed by atoms with Gasteiger partial charge in [-0.15, -0.1) is 0 Å². The van der Waals surface area contributed by atoms with Gasteiger partial charge in [-0.3, -0.25) is 14.4 Å². The number of aliphatic hydroxyl groups excluding tert-OH is 1. The number of aliphatic hydroxyl groups is 1. The van der Waals surface area contributed by atoms with Crippen LogP contribution < -0.4 is 0 Å². The van der Waals surface area contributed by atoms with Gasteiger partial charge in [-0.25, -0.2) is 0 Å². The number of Topliss-reactive ketones (excluding diaryl/α,β-unsaturated/α-hetero) is 3. The van der Waals surface area contributed by atoms with Crippen LogP contribution in [0.2, 0.25) is 0 Å². The molecule has 0 radical (unpaired) electrons. The molecule has 0 fully saturated rings. The molecule has 24 heavy (non-hydrogen) atoms. The molecule has 4 nitrogen and oxygen atoms in total. The predicted octanol–water partition coefficient (Wildman–Crippen LogP) is 3.23. The van der Waals surface area contributed by atoms with E-state index in [4.69, 9.17) is 0 Å². The van der Waals surface area contributed by atoms with Crippen molar-refractivity contribution >= 4 is 46.9 Å². The number of ketones is 3. The summed E-state index contributed by atoms with van der Waals surface area (Å²) in [5.74, 6) is -2.78. The van der Waals surface area contributed by atoms with Crippen LogP contribution in [0.5, 0.6) is 0 Å². The molecule has 0 spiro atoms. The molecule has 0 heterocycles. The second-order valence-corrected chi connectivity index (χ2v) is 6.95. The summed E-state index contributed by atoms with van der Waals surface area (Å²) in [4.78, 5) is 37.8. The fourth-order valence-electron chi connectivity index (χ4n) is 2.52. The van der Waals surface area contributed by atoms with Crippen LogP contribution in [0, 0.1) is 11.3 Å². The van der Waals surface area contributed by atoms with Gasteiger partial charge in [0, 0.05) is 5.92 Å². The number of hydrogen-bond donors (Lipinski definition) is 1. The van der Waals surface area contributed by atoms with Crippen molar-refractivity contribution in [3.8, 4) is 0 Å². The molecule has 0 aliphatic heterocycles. The normalized spacial score (nSPS) is 16.1. The minimum atomic E-state index is -1.39. The average Bonchev–Trinajstić information content (AvgIpc) is 2.63. The van der Waals surface area contributed by atoms with Crippen molar-refractivity contribution in [2.75, 3.05) is 0 Å². The molecule has 0 unspecified atom stereocenters. The number of allylic oxidation sites excluding steroid dienone is 6. The molecule has 0 aromatic carbocycles. The molecule has 1 rings (SSSR count). The fourth-order valence-corrected chi connectivity index (χ4v) is 2.52. The Hall–Kier alpha value is -0.970. The fraction of sp³-hybridized carbons (Fsp3) is 0.526. The second kappa shape index (κ2) is 8.93. The van der Waals surface area contributed by atoms with Crippen molar-refractivity contribution in [1.82, 2.24) is 0 Å². The first-order valence-corrected chi connectivity index (χ1v) is 7.88. The van der Waals surface area contributed by atoms with Crippen molar-refractivity contribution in [1.29, 1.82) is 0 Å². The Balaban J connectivity index is 0.00000529. The Morgan fingerprint density at radius 1 is 1.00 bits per heavy atom. The zero-order valence-corrected chi connectivity index (χ0v) is 14.8. The quantitative estimate of drug-likeness (QED) is 0.348. The van der Waals surface area contributed by atoms with Crippen LogP contribution in [0.4, 0.5) is 0 Å². The number of carbonyl (C=O) groups is 3. The molecule has 0 amide bonds. The van der Waals surface area contributed by atoms with Gasteiger partial charge in [0.1, 0.15) is 11.0 Å². The van der Waals surface area contributed by atoms with Crippen LogP contribution in [-0.4, -0.2) is 52.0 Å². The monoisotopic (exact) mass is 342 g/mol. The van der Waals surface area contributed by atoms with E-state index in [-0.39, 0.29) is 48.0 Å². The summed E-state index contributed by atoms with van der Waals surface area (Å²) in [6, 6.07) is 0. The second-order valence-electron chi connectivity index (χ2n) is 6.95. The molecule has 1 N–H and O–H groups in total. The summed E-state index contributed by atoms with van der Waals surface area (Å²) in [6.07, 6.45) is 4.00. The molecule has 0 aromatic heterocycles.